The van der Waals surface area contributed by atoms with Gasteiger partial charge in [-0.1, -0.05) is 17.7 Å². The lowest BCUT2D eigenvalue weighted by molar-refractivity contribution is 0.101. The molecule has 1 aliphatic rings. The second kappa shape index (κ2) is 7.39. The zero-order valence-corrected chi connectivity index (χ0v) is 16.5. The molecule has 0 fully saturated rings. The molecule has 10 heteroatoms. The van der Waals surface area contributed by atoms with Crippen LogP contribution in [-0.4, -0.2) is 24.9 Å². The number of amides is 1. The number of rotatable bonds is 5. The predicted octanol–water partition coefficient (Wildman–Crippen LogP) is 3.12. The lowest BCUT2D eigenvalue weighted by Gasteiger charge is -2.09. The zero-order valence-electron chi connectivity index (χ0n) is 15.0. The number of fused-ring (bicyclic) bond motifs is 1. The summed E-state index contributed by atoms with van der Waals surface area (Å²) in [7, 11) is -3.94. The van der Waals surface area contributed by atoms with E-state index in [9.17, 15) is 17.6 Å². The van der Waals surface area contributed by atoms with Crippen molar-refractivity contribution in [3.05, 3.63) is 52.1 Å². The minimum Gasteiger partial charge on any atom is -0.331 e. The maximum Gasteiger partial charge on any atom is 0.273 e. The van der Waals surface area contributed by atoms with Crippen LogP contribution in [0.4, 0.5) is 10.1 Å². The smallest absolute Gasteiger partial charge is 0.273 e. The van der Waals surface area contributed by atoms with Crippen molar-refractivity contribution in [1.82, 2.24) is 9.29 Å². The third-order valence-electron chi connectivity index (χ3n) is 3.98. The van der Waals surface area contributed by atoms with Crippen LogP contribution in [0, 0.1) is 17.1 Å². The molecule has 1 aromatic heterocycles. The fourth-order valence-electron chi connectivity index (χ4n) is 2.93. The lowest BCUT2D eigenvalue weighted by Crippen LogP contribution is -2.30. The van der Waals surface area contributed by atoms with Crippen LogP contribution >= 0.6 is 11.6 Å². The number of benzene rings is 1. The van der Waals surface area contributed by atoms with E-state index in [-0.39, 0.29) is 39.4 Å². The van der Waals surface area contributed by atoms with E-state index in [1.807, 2.05) is 0 Å². The Morgan fingerprint density at radius 2 is 2.11 bits per heavy atom. The Balaban J connectivity index is 2.03. The first-order valence-corrected chi connectivity index (χ1v) is 10.1. The quantitative estimate of drug-likeness (QED) is 0.772. The number of carbonyl (C=O) groups excluding carboxylic acids is 1. The highest BCUT2D eigenvalue weighted by atomic mass is 35.5. The predicted molar refractivity (Wildman–Crippen MR) is 103 cm³/mol. The van der Waals surface area contributed by atoms with Crippen molar-refractivity contribution in [3.8, 4) is 6.07 Å². The largest absolute Gasteiger partial charge is 0.331 e. The Hall–Kier alpha value is -2.67. The second-order valence-electron chi connectivity index (χ2n) is 6.43. The summed E-state index contributed by atoms with van der Waals surface area (Å²) >= 11 is 6.31. The summed E-state index contributed by atoms with van der Waals surface area (Å²) in [4.78, 5) is 12.6. The molecule has 28 heavy (non-hydrogen) atoms. The van der Waals surface area contributed by atoms with Crippen LogP contribution < -0.4 is 10.0 Å². The number of nitriles is 1. The van der Waals surface area contributed by atoms with E-state index in [1.54, 1.807) is 32.1 Å². The molecular weight excluding hydrogens is 407 g/mol. The van der Waals surface area contributed by atoms with Gasteiger partial charge in [-0.15, -0.1) is 0 Å². The van der Waals surface area contributed by atoms with Gasteiger partial charge in [0.15, 0.2) is 0 Å². The van der Waals surface area contributed by atoms with Crippen LogP contribution in [0.15, 0.2) is 29.2 Å². The average Bonchev–Trinajstić information content (AvgIpc) is 3.14. The number of hydrogen-bond donors (Lipinski definition) is 2. The first-order chi connectivity index (χ1) is 13.2. The van der Waals surface area contributed by atoms with E-state index in [4.69, 9.17) is 16.9 Å². The molecule has 0 spiro atoms. The Morgan fingerprint density at radius 1 is 1.39 bits per heavy atom. The highest BCUT2D eigenvalue weighted by Gasteiger charge is 2.33. The minimum absolute atomic E-state index is 0.0337. The van der Waals surface area contributed by atoms with Crippen molar-refractivity contribution >= 4 is 39.3 Å². The van der Waals surface area contributed by atoms with Gasteiger partial charge in [-0.25, -0.2) is 17.5 Å². The molecular formula is C18H16ClFN4O3S. The number of hydrogen-bond acceptors (Lipinski definition) is 4. The highest BCUT2D eigenvalue weighted by Crippen LogP contribution is 2.36. The Kier molecular flexibility index (Phi) is 5.30. The fourth-order valence-corrected chi connectivity index (χ4v) is 5.05. The number of allylic oxidation sites excluding steroid dienone is 1. The number of sulfonamides is 1. The Labute approximate surface area is 166 Å². The van der Waals surface area contributed by atoms with Gasteiger partial charge in [0, 0.05) is 18.3 Å². The maximum atomic E-state index is 13.5. The fraction of sp³-hybridized carbons (Fsp3) is 0.222. The van der Waals surface area contributed by atoms with E-state index in [2.05, 4.69) is 10.0 Å². The van der Waals surface area contributed by atoms with Crippen LogP contribution in [-0.2, 0) is 16.6 Å². The summed E-state index contributed by atoms with van der Waals surface area (Å²) < 4.78 is 42.8. The molecule has 1 aromatic carbocycles. The van der Waals surface area contributed by atoms with Gasteiger partial charge in [-0.2, -0.15) is 5.26 Å². The van der Waals surface area contributed by atoms with Crippen LogP contribution in [0.25, 0.3) is 6.08 Å². The molecule has 2 aromatic rings. The van der Waals surface area contributed by atoms with Crippen molar-refractivity contribution in [2.45, 2.75) is 31.3 Å². The molecule has 2 heterocycles. The van der Waals surface area contributed by atoms with Gasteiger partial charge < -0.3 is 9.88 Å². The second-order valence-corrected chi connectivity index (χ2v) is 8.46. The summed E-state index contributed by atoms with van der Waals surface area (Å²) in [5.41, 5.74) is 0.231. The van der Waals surface area contributed by atoms with Gasteiger partial charge >= 0.3 is 0 Å². The van der Waals surface area contributed by atoms with Gasteiger partial charge in [-0.05, 0) is 38.1 Å². The summed E-state index contributed by atoms with van der Waals surface area (Å²) in [6.07, 6.45) is 3.30. The van der Waals surface area contributed by atoms with Crippen LogP contribution in [0.5, 0.6) is 0 Å². The third kappa shape index (κ3) is 3.54. The normalized spacial score (nSPS) is 12.9. The third-order valence-corrected chi connectivity index (χ3v) is 6.20. The molecule has 1 amide bonds. The lowest BCUT2D eigenvalue weighted by atomic mass is 10.2. The standard InChI is InChI=1S/C18H16ClFN4O3S/c1-10(2)23-28(26,27)17-14-4-3-7-24(14)16(15(17)19)18(25)22-12-5-6-13(20)11(8-12)9-21/h3-6,8,10,23H,7H2,1-2H3,(H,22,25). The molecule has 7 nitrogen and oxygen atoms in total. The molecule has 0 aliphatic carbocycles. The first-order valence-electron chi connectivity index (χ1n) is 8.27. The van der Waals surface area contributed by atoms with E-state index < -0.39 is 21.7 Å². The molecule has 2 N–H and O–H groups in total. The molecule has 0 atom stereocenters. The van der Waals surface area contributed by atoms with E-state index in [0.29, 0.717) is 5.69 Å². The van der Waals surface area contributed by atoms with Gasteiger partial charge in [0.1, 0.15) is 22.5 Å². The topological polar surface area (TPSA) is 104 Å². The summed E-state index contributed by atoms with van der Waals surface area (Å²) in [5.74, 6) is -1.38. The summed E-state index contributed by atoms with van der Waals surface area (Å²) in [6, 6.07) is 4.87. The number of halogens is 2. The number of aromatic nitrogens is 1. The zero-order chi connectivity index (χ0) is 20.6. The minimum atomic E-state index is -3.94. The molecule has 1 aliphatic heterocycles. The SMILES string of the molecule is CC(C)NS(=O)(=O)c1c(Cl)c(C(=O)Nc2ccc(F)c(C#N)c2)n2c1C=CC2. The monoisotopic (exact) mass is 422 g/mol. The van der Waals surface area contributed by atoms with Crippen LogP contribution in [0.2, 0.25) is 5.02 Å². The van der Waals surface area contributed by atoms with E-state index >= 15 is 0 Å². The molecule has 0 radical (unpaired) electrons. The van der Waals surface area contributed by atoms with Crippen molar-refractivity contribution in [2.75, 3.05) is 5.32 Å². The van der Waals surface area contributed by atoms with Gasteiger partial charge in [-0.3, -0.25) is 4.79 Å². The molecule has 146 valence electrons. The first kappa shape index (κ1) is 20.1. The van der Waals surface area contributed by atoms with Gasteiger partial charge in [0.2, 0.25) is 10.0 Å². The molecule has 3 rings (SSSR count). The number of nitrogens with one attached hydrogen (secondary N) is 2. The van der Waals surface area contributed by atoms with Crippen molar-refractivity contribution < 1.29 is 17.6 Å². The molecule has 0 unspecified atom stereocenters. The molecule has 0 saturated carbocycles. The Morgan fingerprint density at radius 3 is 2.75 bits per heavy atom. The van der Waals surface area contributed by atoms with Crippen molar-refractivity contribution in [2.24, 2.45) is 0 Å². The number of nitrogens with zero attached hydrogens (tertiary/aromatic N) is 2. The summed E-state index contributed by atoms with van der Waals surface area (Å²) in [5, 5.41) is 11.2. The average molecular weight is 423 g/mol. The molecule has 0 bridgehead atoms. The summed E-state index contributed by atoms with van der Waals surface area (Å²) in [6.45, 7) is 3.63. The van der Waals surface area contributed by atoms with Gasteiger partial charge in [0.25, 0.3) is 5.91 Å². The Bertz CT molecular complexity index is 1150. The highest BCUT2D eigenvalue weighted by molar-refractivity contribution is 7.89. The number of anilines is 1. The van der Waals surface area contributed by atoms with Gasteiger partial charge in [0.05, 0.1) is 16.3 Å². The van der Waals surface area contributed by atoms with Crippen LogP contribution in [0.3, 0.4) is 0 Å². The molecule has 0 saturated heterocycles. The van der Waals surface area contributed by atoms with Crippen molar-refractivity contribution in [1.29, 1.82) is 5.26 Å². The van der Waals surface area contributed by atoms with E-state index in [1.165, 1.54) is 16.7 Å². The maximum absolute atomic E-state index is 13.5. The van der Waals surface area contributed by atoms with Crippen LogP contribution in [0.1, 0.15) is 35.6 Å². The number of carbonyl (C=O) groups is 1. The van der Waals surface area contributed by atoms with E-state index in [0.717, 1.165) is 6.07 Å². The van der Waals surface area contributed by atoms with Crippen molar-refractivity contribution in [3.63, 3.8) is 0 Å².